The maximum atomic E-state index is 13.1. The number of rotatable bonds is 7. The van der Waals surface area contributed by atoms with Crippen LogP contribution in [0.15, 0.2) is 0 Å². The molecule has 14 heavy (non-hydrogen) atoms. The van der Waals surface area contributed by atoms with Crippen LogP contribution in [0.1, 0.15) is 6.92 Å². The molecule has 0 fully saturated rings. The quantitative estimate of drug-likeness (QED) is 0.673. The van der Waals surface area contributed by atoms with Crippen molar-refractivity contribution in [2.24, 2.45) is 0 Å². The Labute approximate surface area is 84.4 Å². The van der Waals surface area contributed by atoms with Gasteiger partial charge in [0.2, 0.25) is 0 Å². The summed E-state index contributed by atoms with van der Waals surface area (Å²) < 4.78 is 31.2. The number of methoxy groups -OCH3 is 1. The Balaban J connectivity index is 3.96. The van der Waals surface area contributed by atoms with Crippen molar-refractivity contribution in [1.29, 1.82) is 0 Å². The molecular weight excluding hydrogens is 190 g/mol. The van der Waals surface area contributed by atoms with Gasteiger partial charge in [-0.2, -0.15) is 0 Å². The highest BCUT2D eigenvalue weighted by Crippen LogP contribution is 2.14. The molecule has 0 saturated heterocycles. The molecule has 0 bridgehead atoms. The molecule has 1 atom stereocenters. The summed E-state index contributed by atoms with van der Waals surface area (Å²) in [5, 5.41) is 2.48. The van der Waals surface area contributed by atoms with Gasteiger partial charge in [-0.05, 0) is 21.0 Å². The molecule has 0 aliphatic rings. The predicted molar refractivity (Wildman–Crippen MR) is 52.8 cm³/mol. The van der Waals surface area contributed by atoms with E-state index in [-0.39, 0.29) is 19.1 Å². The number of likely N-dealkylation sites (N-methyl/N-ethyl adjacent to an activating group) is 1. The first-order chi connectivity index (χ1) is 6.43. The summed E-state index contributed by atoms with van der Waals surface area (Å²) in [6.45, 7) is 1.78. The Kier molecular flexibility index (Phi) is 6.15. The molecular formula is C9H20F2N2O. The van der Waals surface area contributed by atoms with Crippen molar-refractivity contribution in [2.75, 3.05) is 40.9 Å². The van der Waals surface area contributed by atoms with Gasteiger partial charge in [0, 0.05) is 13.2 Å². The monoisotopic (exact) mass is 210 g/mol. The van der Waals surface area contributed by atoms with Crippen LogP contribution in [0.4, 0.5) is 8.78 Å². The van der Waals surface area contributed by atoms with Gasteiger partial charge in [0.1, 0.15) is 0 Å². The van der Waals surface area contributed by atoms with Gasteiger partial charge in [0.15, 0.2) is 0 Å². The molecule has 0 rings (SSSR count). The van der Waals surface area contributed by atoms with Crippen molar-refractivity contribution in [1.82, 2.24) is 10.2 Å². The molecule has 0 heterocycles. The lowest BCUT2D eigenvalue weighted by Crippen LogP contribution is -2.45. The molecule has 86 valence electrons. The van der Waals surface area contributed by atoms with Gasteiger partial charge >= 0.3 is 0 Å². The minimum Gasteiger partial charge on any atom is -0.383 e. The molecule has 0 aromatic carbocycles. The zero-order valence-corrected chi connectivity index (χ0v) is 9.31. The normalized spacial score (nSPS) is 14.8. The second-order valence-electron chi connectivity index (χ2n) is 3.61. The third kappa shape index (κ3) is 5.47. The maximum Gasteiger partial charge on any atom is 0.272 e. The van der Waals surface area contributed by atoms with Crippen LogP contribution in [0.25, 0.3) is 0 Å². The van der Waals surface area contributed by atoms with E-state index in [1.165, 1.54) is 7.05 Å². The molecule has 0 aromatic heterocycles. The molecule has 0 saturated carbocycles. The topological polar surface area (TPSA) is 24.5 Å². The fourth-order valence-electron chi connectivity index (χ4n) is 1.20. The lowest BCUT2D eigenvalue weighted by Gasteiger charge is -2.28. The van der Waals surface area contributed by atoms with E-state index in [0.29, 0.717) is 6.61 Å². The highest BCUT2D eigenvalue weighted by molar-refractivity contribution is 4.75. The lowest BCUT2D eigenvalue weighted by atomic mass is 10.2. The Morgan fingerprint density at radius 1 is 1.50 bits per heavy atom. The molecule has 1 N–H and O–H groups in total. The summed E-state index contributed by atoms with van der Waals surface area (Å²) in [7, 11) is 4.76. The van der Waals surface area contributed by atoms with Gasteiger partial charge in [-0.1, -0.05) is 0 Å². The van der Waals surface area contributed by atoms with E-state index in [1.54, 1.807) is 19.1 Å². The highest BCUT2D eigenvalue weighted by atomic mass is 19.3. The second kappa shape index (κ2) is 6.27. The highest BCUT2D eigenvalue weighted by Gasteiger charge is 2.30. The molecule has 3 nitrogen and oxygen atoms in total. The number of ether oxygens (including phenoxy) is 1. The van der Waals surface area contributed by atoms with Crippen molar-refractivity contribution in [2.45, 2.75) is 18.9 Å². The van der Waals surface area contributed by atoms with Crippen LogP contribution in [-0.4, -0.2) is 57.8 Å². The van der Waals surface area contributed by atoms with E-state index in [4.69, 9.17) is 4.74 Å². The summed E-state index contributed by atoms with van der Waals surface area (Å²) in [4.78, 5) is 1.60. The average Bonchev–Trinajstić information content (AvgIpc) is 2.03. The molecule has 0 amide bonds. The standard InChI is InChI=1S/C9H20F2N2O/c1-8(5-14-4)13(3)7-9(10,11)6-12-2/h8,12H,5-7H2,1-4H3. The van der Waals surface area contributed by atoms with Crippen LogP contribution >= 0.6 is 0 Å². The fourth-order valence-corrected chi connectivity index (χ4v) is 1.20. The van der Waals surface area contributed by atoms with Crippen LogP contribution in [-0.2, 0) is 4.74 Å². The third-order valence-corrected chi connectivity index (χ3v) is 2.08. The van der Waals surface area contributed by atoms with Gasteiger partial charge in [-0.15, -0.1) is 0 Å². The number of nitrogens with one attached hydrogen (secondary N) is 1. The molecule has 5 heteroatoms. The second-order valence-corrected chi connectivity index (χ2v) is 3.61. The van der Waals surface area contributed by atoms with E-state index in [1.807, 2.05) is 6.92 Å². The van der Waals surface area contributed by atoms with Crippen LogP contribution in [0.5, 0.6) is 0 Å². The van der Waals surface area contributed by atoms with E-state index in [2.05, 4.69) is 5.32 Å². The Morgan fingerprint density at radius 3 is 2.50 bits per heavy atom. The van der Waals surface area contributed by atoms with E-state index < -0.39 is 5.92 Å². The van der Waals surface area contributed by atoms with Crippen molar-refractivity contribution in [3.05, 3.63) is 0 Å². The molecule has 1 unspecified atom stereocenters. The largest absolute Gasteiger partial charge is 0.383 e. The number of alkyl halides is 2. The smallest absolute Gasteiger partial charge is 0.272 e. The maximum absolute atomic E-state index is 13.1. The molecule has 0 spiro atoms. The van der Waals surface area contributed by atoms with Crippen molar-refractivity contribution in [3.8, 4) is 0 Å². The molecule has 0 aromatic rings. The number of hydrogen-bond acceptors (Lipinski definition) is 3. The summed E-state index contributed by atoms with van der Waals surface area (Å²) in [5.41, 5.74) is 0. The molecule has 0 aliphatic heterocycles. The van der Waals surface area contributed by atoms with E-state index in [9.17, 15) is 8.78 Å². The first-order valence-corrected chi connectivity index (χ1v) is 4.64. The van der Waals surface area contributed by atoms with Crippen LogP contribution in [0.3, 0.4) is 0 Å². The first kappa shape index (κ1) is 13.7. The summed E-state index contributed by atoms with van der Waals surface area (Å²) in [6, 6.07) is 0.00253. The number of nitrogens with zero attached hydrogens (tertiary/aromatic N) is 1. The Bertz CT molecular complexity index is 156. The van der Waals surface area contributed by atoms with Gasteiger partial charge in [0.25, 0.3) is 5.92 Å². The van der Waals surface area contributed by atoms with E-state index >= 15 is 0 Å². The van der Waals surface area contributed by atoms with Crippen molar-refractivity contribution in [3.63, 3.8) is 0 Å². The third-order valence-electron chi connectivity index (χ3n) is 2.08. The molecule has 0 aliphatic carbocycles. The first-order valence-electron chi connectivity index (χ1n) is 4.64. The van der Waals surface area contributed by atoms with Gasteiger partial charge in [-0.25, -0.2) is 8.78 Å². The average molecular weight is 210 g/mol. The van der Waals surface area contributed by atoms with Gasteiger partial charge in [-0.3, -0.25) is 4.90 Å². The van der Waals surface area contributed by atoms with Gasteiger partial charge < -0.3 is 10.1 Å². The summed E-state index contributed by atoms with van der Waals surface area (Å²) in [5.74, 6) is -2.69. The Hall–Kier alpha value is -0.260. The lowest BCUT2D eigenvalue weighted by molar-refractivity contribution is -0.0372. The van der Waals surface area contributed by atoms with Crippen LogP contribution in [0, 0.1) is 0 Å². The zero-order valence-electron chi connectivity index (χ0n) is 9.31. The minimum absolute atomic E-state index is 0.00253. The SMILES string of the molecule is CNCC(F)(F)CN(C)C(C)COC. The molecule has 0 radical (unpaired) electrons. The predicted octanol–water partition coefficient (Wildman–Crippen LogP) is 0.808. The minimum atomic E-state index is -2.69. The zero-order chi connectivity index (χ0) is 11.2. The summed E-state index contributed by atoms with van der Waals surface area (Å²) in [6.07, 6.45) is 0. The van der Waals surface area contributed by atoms with Gasteiger partial charge in [0.05, 0.1) is 19.7 Å². The van der Waals surface area contributed by atoms with E-state index in [0.717, 1.165) is 0 Å². The fraction of sp³-hybridized carbons (Fsp3) is 1.00. The van der Waals surface area contributed by atoms with Crippen LogP contribution < -0.4 is 5.32 Å². The van der Waals surface area contributed by atoms with Crippen LogP contribution in [0.2, 0.25) is 0 Å². The van der Waals surface area contributed by atoms with Crippen molar-refractivity contribution < 1.29 is 13.5 Å². The number of hydrogen-bond donors (Lipinski definition) is 1. The Morgan fingerprint density at radius 2 is 2.07 bits per heavy atom. The number of halogens is 2. The van der Waals surface area contributed by atoms with Crippen molar-refractivity contribution >= 4 is 0 Å². The summed E-state index contributed by atoms with van der Waals surface area (Å²) >= 11 is 0.